The van der Waals surface area contributed by atoms with E-state index >= 15 is 0 Å². The summed E-state index contributed by atoms with van der Waals surface area (Å²) in [4.78, 5) is 11.1. The van der Waals surface area contributed by atoms with Gasteiger partial charge in [-0.05, 0) is 97.0 Å². The number of aromatic carboxylic acids is 1. The van der Waals surface area contributed by atoms with Crippen LogP contribution in [0.25, 0.3) is 6.08 Å². The van der Waals surface area contributed by atoms with E-state index in [9.17, 15) is 15.0 Å². The summed E-state index contributed by atoms with van der Waals surface area (Å²) >= 11 is 5.62. The van der Waals surface area contributed by atoms with Gasteiger partial charge in [-0.2, -0.15) is 0 Å². The van der Waals surface area contributed by atoms with Gasteiger partial charge in [0.1, 0.15) is 11.4 Å². The largest absolute Gasteiger partial charge is 0.508 e. The fraction of sp³-hybridized carbons (Fsp3) is 0.346. The lowest BCUT2D eigenvalue weighted by atomic mass is 9.53. The molecule has 0 amide bonds. The minimum absolute atomic E-state index is 0.140. The summed E-state index contributed by atoms with van der Waals surface area (Å²) in [6, 6.07) is 12.5. The fourth-order valence-corrected chi connectivity index (χ4v) is 5.57. The number of halogens is 1. The molecule has 2 aromatic carbocycles. The van der Waals surface area contributed by atoms with Crippen LogP contribution < -0.4 is 0 Å². The van der Waals surface area contributed by atoms with Crippen molar-refractivity contribution in [1.82, 2.24) is 0 Å². The van der Waals surface area contributed by atoms with Gasteiger partial charge in [0.2, 0.25) is 0 Å². The zero-order chi connectivity index (χ0) is 22.1. The van der Waals surface area contributed by atoms with Crippen molar-refractivity contribution in [3.63, 3.8) is 0 Å². The van der Waals surface area contributed by atoms with Crippen LogP contribution in [0.1, 0.15) is 59.2 Å². The molecule has 2 aromatic rings. The Morgan fingerprint density at radius 2 is 1.97 bits per heavy atom. The number of hydrogen-bond donors (Lipinski definition) is 3. The zero-order valence-corrected chi connectivity index (χ0v) is 17.9. The highest BCUT2D eigenvalue weighted by Gasteiger charge is 2.50. The number of aromatic hydroxyl groups is 1. The van der Waals surface area contributed by atoms with E-state index in [2.05, 4.69) is 17.4 Å². The lowest BCUT2D eigenvalue weighted by molar-refractivity contribution is -0.00710. The summed E-state index contributed by atoms with van der Waals surface area (Å²) in [5.74, 6) is 2.40. The molecule has 1 fully saturated rings. The summed E-state index contributed by atoms with van der Waals surface area (Å²) in [7, 11) is 0. The average molecular weight is 437 g/mol. The molecule has 0 aromatic heterocycles. The van der Waals surface area contributed by atoms with E-state index in [0.29, 0.717) is 12.8 Å². The van der Waals surface area contributed by atoms with Gasteiger partial charge < -0.3 is 15.3 Å². The number of phenols is 1. The van der Waals surface area contributed by atoms with Gasteiger partial charge >= 0.3 is 5.97 Å². The van der Waals surface area contributed by atoms with Crippen molar-refractivity contribution >= 4 is 23.6 Å². The molecule has 3 atom stereocenters. The van der Waals surface area contributed by atoms with Gasteiger partial charge in [-0.3, -0.25) is 0 Å². The van der Waals surface area contributed by atoms with Crippen LogP contribution in [0.2, 0.25) is 0 Å². The second-order valence-electron chi connectivity index (χ2n) is 8.72. The molecule has 160 valence electrons. The van der Waals surface area contributed by atoms with Crippen molar-refractivity contribution in [1.29, 1.82) is 0 Å². The predicted octanol–water partition coefficient (Wildman–Crippen LogP) is 5.11. The lowest BCUT2D eigenvalue weighted by Crippen LogP contribution is -2.49. The molecule has 0 aliphatic heterocycles. The second kappa shape index (κ2) is 8.42. The van der Waals surface area contributed by atoms with Crippen molar-refractivity contribution in [3.8, 4) is 17.0 Å². The zero-order valence-electron chi connectivity index (χ0n) is 17.1. The Morgan fingerprint density at radius 3 is 2.68 bits per heavy atom. The minimum Gasteiger partial charge on any atom is -0.508 e. The first-order valence-corrected chi connectivity index (χ1v) is 10.9. The molecule has 0 unspecified atom stereocenters. The maximum Gasteiger partial charge on any atom is 0.335 e. The van der Waals surface area contributed by atoms with E-state index < -0.39 is 11.6 Å². The fourth-order valence-electron chi connectivity index (χ4n) is 5.40. The highest BCUT2D eigenvalue weighted by Crippen LogP contribution is 2.55. The molecule has 0 spiro atoms. The number of carbonyl (C=O) groups is 1. The SMILES string of the molecule is O=C(O)c1ccc(C=CC[C@]23CC[C@@](O)(C#CCl)C[C@@H]2CCc2cc(O)ccc23)cc1. The molecule has 0 saturated heterocycles. The number of aliphatic hydroxyl groups is 1. The number of carboxylic acids is 1. The van der Waals surface area contributed by atoms with Crippen molar-refractivity contribution in [2.45, 2.75) is 49.5 Å². The number of benzene rings is 2. The van der Waals surface area contributed by atoms with E-state index in [0.717, 1.165) is 31.2 Å². The molecule has 0 radical (unpaired) electrons. The second-order valence-corrected chi connectivity index (χ2v) is 8.91. The van der Waals surface area contributed by atoms with Gasteiger partial charge in [0.05, 0.1) is 5.56 Å². The number of hydrogen-bond acceptors (Lipinski definition) is 3. The molecular weight excluding hydrogens is 412 g/mol. The van der Waals surface area contributed by atoms with Gasteiger partial charge in [-0.25, -0.2) is 4.79 Å². The van der Waals surface area contributed by atoms with Gasteiger partial charge in [0.15, 0.2) is 0 Å². The molecular formula is C26H25ClO4. The third-order valence-corrected chi connectivity index (χ3v) is 7.06. The third-order valence-electron chi connectivity index (χ3n) is 6.97. The summed E-state index contributed by atoms with van der Waals surface area (Å²) in [5, 5.41) is 32.3. The monoisotopic (exact) mass is 436 g/mol. The van der Waals surface area contributed by atoms with Gasteiger partial charge in [-0.15, -0.1) is 0 Å². The summed E-state index contributed by atoms with van der Waals surface area (Å²) < 4.78 is 0. The Balaban J connectivity index is 1.65. The molecule has 0 heterocycles. The topological polar surface area (TPSA) is 77.8 Å². The summed E-state index contributed by atoms with van der Waals surface area (Å²) in [6.07, 6.45) is 8.64. The molecule has 1 saturated carbocycles. The van der Waals surface area contributed by atoms with Crippen LogP contribution in [0, 0.1) is 17.2 Å². The maximum atomic E-state index is 11.1. The van der Waals surface area contributed by atoms with Gasteiger partial charge in [-0.1, -0.05) is 36.3 Å². The number of carboxylic acid groups (broad SMARTS) is 1. The van der Waals surface area contributed by atoms with Crippen molar-refractivity contribution < 1.29 is 20.1 Å². The molecule has 4 nitrogen and oxygen atoms in total. The van der Waals surface area contributed by atoms with Crippen LogP contribution in [-0.2, 0) is 11.8 Å². The first-order valence-electron chi connectivity index (χ1n) is 10.5. The summed E-state index contributed by atoms with van der Waals surface area (Å²) in [6.45, 7) is 0. The number of aryl methyl sites for hydroxylation is 1. The molecule has 2 aliphatic carbocycles. The molecule has 31 heavy (non-hydrogen) atoms. The molecule has 3 N–H and O–H groups in total. The van der Waals surface area contributed by atoms with Crippen LogP contribution >= 0.6 is 11.6 Å². The smallest absolute Gasteiger partial charge is 0.335 e. The van der Waals surface area contributed by atoms with Crippen LogP contribution in [0.15, 0.2) is 48.5 Å². The Bertz CT molecular complexity index is 1080. The quantitative estimate of drug-likeness (QED) is 0.582. The minimum atomic E-state index is -1.05. The first-order chi connectivity index (χ1) is 14.8. The Morgan fingerprint density at radius 1 is 1.19 bits per heavy atom. The van der Waals surface area contributed by atoms with E-state index in [1.54, 1.807) is 30.3 Å². The van der Waals surface area contributed by atoms with Crippen LogP contribution in [0.5, 0.6) is 5.75 Å². The van der Waals surface area contributed by atoms with E-state index in [-0.39, 0.29) is 22.6 Å². The number of phenolic OH excluding ortho intramolecular Hbond substituents is 1. The van der Waals surface area contributed by atoms with E-state index in [4.69, 9.17) is 16.7 Å². The summed E-state index contributed by atoms with van der Waals surface area (Å²) in [5.41, 5.74) is 2.43. The van der Waals surface area contributed by atoms with Crippen molar-refractivity contribution in [3.05, 3.63) is 70.8 Å². The highest BCUT2D eigenvalue weighted by atomic mass is 35.5. The molecule has 0 bridgehead atoms. The first kappa shape index (κ1) is 21.5. The van der Waals surface area contributed by atoms with E-state index in [1.165, 1.54) is 11.1 Å². The third kappa shape index (κ3) is 4.21. The molecule has 2 aliphatic rings. The lowest BCUT2D eigenvalue weighted by Gasteiger charge is -2.52. The van der Waals surface area contributed by atoms with Gasteiger partial charge in [0.25, 0.3) is 0 Å². The number of allylic oxidation sites excluding steroid dienone is 1. The average Bonchev–Trinajstić information content (AvgIpc) is 2.74. The normalized spacial score (nSPS) is 27.1. The van der Waals surface area contributed by atoms with Gasteiger partial charge in [0, 0.05) is 10.8 Å². The Labute approximate surface area is 187 Å². The van der Waals surface area contributed by atoms with Crippen molar-refractivity contribution in [2.24, 2.45) is 5.92 Å². The highest BCUT2D eigenvalue weighted by molar-refractivity contribution is 6.30. The van der Waals surface area contributed by atoms with Crippen LogP contribution in [0.4, 0.5) is 0 Å². The van der Waals surface area contributed by atoms with E-state index in [1.807, 2.05) is 18.2 Å². The Hall–Kier alpha value is -2.74. The molecule has 4 rings (SSSR count). The van der Waals surface area contributed by atoms with Crippen LogP contribution in [0.3, 0.4) is 0 Å². The Kier molecular flexibility index (Phi) is 5.83. The van der Waals surface area contributed by atoms with Crippen molar-refractivity contribution in [2.75, 3.05) is 0 Å². The number of rotatable bonds is 4. The maximum absolute atomic E-state index is 11.1. The number of fused-ring (bicyclic) bond motifs is 3. The standard InChI is InChI=1S/C26H25ClO4/c27-15-14-25(31)12-13-26(11-1-2-18-3-5-19(6-4-18)24(29)30)21(17-25)8-7-20-16-22(28)9-10-23(20)26/h1-6,9-10,16,21,28,31H,7-8,11-13,17H2,(H,29,30)/t21-,25+,26-/m0/s1. The van der Waals surface area contributed by atoms with Crippen LogP contribution in [-0.4, -0.2) is 26.9 Å². The molecule has 5 heteroatoms. The predicted molar refractivity (Wildman–Crippen MR) is 121 cm³/mol.